The third-order valence-electron chi connectivity index (χ3n) is 2.07. The number of thioether (sulfide) groups is 1. The quantitative estimate of drug-likeness (QED) is 0.704. The maximum atomic E-state index is 11.3. The van der Waals surface area contributed by atoms with Gasteiger partial charge in [0.25, 0.3) is 0 Å². The molecule has 0 spiro atoms. The van der Waals surface area contributed by atoms with Crippen LogP contribution in [0, 0.1) is 0 Å². The Morgan fingerprint density at radius 3 is 2.93 bits per heavy atom. The molecule has 1 saturated heterocycles. The second-order valence-electron chi connectivity index (χ2n) is 3.39. The first-order valence-electron chi connectivity index (χ1n) is 4.82. The molecular formula is C9H16N2O2S. The van der Waals surface area contributed by atoms with Crippen LogP contribution < -0.4 is 10.6 Å². The minimum atomic E-state index is -0.0427. The van der Waals surface area contributed by atoms with E-state index in [2.05, 4.69) is 10.6 Å². The van der Waals surface area contributed by atoms with Crippen molar-refractivity contribution in [3.8, 4) is 0 Å². The lowest BCUT2D eigenvalue weighted by atomic mass is 10.1. The topological polar surface area (TPSA) is 58.2 Å². The average molecular weight is 216 g/mol. The Hall–Kier alpha value is -0.550. The second kappa shape index (κ2) is 6.03. The molecule has 1 amide bonds. The molecule has 5 heteroatoms. The van der Waals surface area contributed by atoms with Crippen LogP contribution >= 0.6 is 11.8 Å². The van der Waals surface area contributed by atoms with Crippen molar-refractivity contribution in [1.82, 2.24) is 10.6 Å². The molecule has 1 aliphatic heterocycles. The molecule has 2 N–H and O–H groups in total. The summed E-state index contributed by atoms with van der Waals surface area (Å²) in [6.45, 7) is 3.35. The number of carbonyl (C=O) groups excluding carboxylic acids is 2. The van der Waals surface area contributed by atoms with Crippen molar-refractivity contribution in [3.05, 3.63) is 0 Å². The number of carbonyl (C=O) groups is 2. The van der Waals surface area contributed by atoms with Gasteiger partial charge in [-0.05, 0) is 19.4 Å². The molecule has 0 aliphatic carbocycles. The van der Waals surface area contributed by atoms with E-state index in [4.69, 9.17) is 0 Å². The molecule has 1 aliphatic rings. The van der Waals surface area contributed by atoms with E-state index >= 15 is 0 Å². The zero-order chi connectivity index (χ0) is 10.4. The normalized spacial score (nSPS) is 21.6. The maximum Gasteiger partial charge on any atom is 0.230 e. The third kappa shape index (κ3) is 4.62. The summed E-state index contributed by atoms with van der Waals surface area (Å²) in [7, 11) is 0. The molecular weight excluding hydrogens is 200 g/mol. The van der Waals surface area contributed by atoms with E-state index < -0.39 is 0 Å². The molecule has 1 fully saturated rings. The smallest absolute Gasteiger partial charge is 0.230 e. The number of amides is 1. The van der Waals surface area contributed by atoms with Crippen molar-refractivity contribution in [2.24, 2.45) is 0 Å². The van der Waals surface area contributed by atoms with Crippen LogP contribution in [-0.2, 0) is 9.59 Å². The van der Waals surface area contributed by atoms with Gasteiger partial charge < -0.3 is 10.6 Å². The van der Waals surface area contributed by atoms with Crippen LogP contribution in [0.5, 0.6) is 0 Å². The van der Waals surface area contributed by atoms with Crippen molar-refractivity contribution in [3.63, 3.8) is 0 Å². The number of hydrogen-bond donors (Lipinski definition) is 2. The largest absolute Gasteiger partial charge is 0.351 e. The van der Waals surface area contributed by atoms with Crippen LogP contribution in [0.4, 0.5) is 0 Å². The van der Waals surface area contributed by atoms with E-state index in [1.165, 1.54) is 6.92 Å². The molecule has 0 saturated carbocycles. The van der Waals surface area contributed by atoms with Crippen molar-refractivity contribution in [1.29, 1.82) is 0 Å². The molecule has 1 rings (SSSR count). The zero-order valence-electron chi connectivity index (χ0n) is 8.34. The summed E-state index contributed by atoms with van der Waals surface area (Å²) in [5.41, 5.74) is 0. The molecule has 0 aromatic rings. The minimum Gasteiger partial charge on any atom is -0.351 e. The molecule has 0 unspecified atom stereocenters. The van der Waals surface area contributed by atoms with Gasteiger partial charge in [-0.1, -0.05) is 11.8 Å². The first-order valence-corrected chi connectivity index (χ1v) is 5.80. The number of rotatable bonds is 3. The fraction of sp³-hybridized carbons (Fsp3) is 0.778. The summed E-state index contributed by atoms with van der Waals surface area (Å²) in [5, 5.41) is 6.10. The summed E-state index contributed by atoms with van der Waals surface area (Å²) in [6, 6.07) is 0.240. The highest BCUT2D eigenvalue weighted by Crippen LogP contribution is 2.03. The average Bonchev–Trinajstić information content (AvgIpc) is 2.16. The van der Waals surface area contributed by atoms with Crippen LogP contribution in [0.3, 0.4) is 0 Å². The third-order valence-corrected chi connectivity index (χ3v) is 2.88. The first-order chi connectivity index (χ1) is 6.68. The number of piperidine rings is 1. The standard InChI is InChI=1S/C9H16N2O2S/c1-7(12)14-6-9(13)11-8-3-2-4-10-5-8/h8,10H,2-6H2,1H3,(H,11,13)/t8-/m0/s1. The van der Waals surface area contributed by atoms with Gasteiger partial charge in [0.05, 0.1) is 5.75 Å². The Morgan fingerprint density at radius 2 is 2.36 bits per heavy atom. The number of nitrogens with one attached hydrogen (secondary N) is 2. The summed E-state index contributed by atoms with van der Waals surface area (Å²) in [4.78, 5) is 21.9. The predicted octanol–water partition coefficient (Wildman–Crippen LogP) is 0.134. The lowest BCUT2D eigenvalue weighted by Gasteiger charge is -2.23. The van der Waals surface area contributed by atoms with Crippen LogP contribution in [0.15, 0.2) is 0 Å². The monoisotopic (exact) mass is 216 g/mol. The van der Waals surface area contributed by atoms with Crippen LogP contribution in [0.25, 0.3) is 0 Å². The minimum absolute atomic E-state index is 0.0121. The lowest BCUT2D eigenvalue weighted by Crippen LogP contribution is -2.46. The fourth-order valence-electron chi connectivity index (χ4n) is 1.41. The van der Waals surface area contributed by atoms with E-state index in [1.54, 1.807) is 0 Å². The highest BCUT2D eigenvalue weighted by molar-refractivity contribution is 8.14. The van der Waals surface area contributed by atoms with Gasteiger partial charge in [0.15, 0.2) is 5.12 Å². The van der Waals surface area contributed by atoms with Gasteiger partial charge >= 0.3 is 0 Å². The Labute approximate surface area is 88.2 Å². The van der Waals surface area contributed by atoms with Crippen LogP contribution in [-0.4, -0.2) is 35.9 Å². The SMILES string of the molecule is CC(=O)SCC(=O)N[C@H]1CCCNC1. The summed E-state index contributed by atoms with van der Waals surface area (Å²) < 4.78 is 0. The summed E-state index contributed by atoms with van der Waals surface area (Å²) in [5.74, 6) is 0.199. The molecule has 4 nitrogen and oxygen atoms in total. The van der Waals surface area contributed by atoms with Gasteiger partial charge in [-0.2, -0.15) is 0 Å². The molecule has 0 bridgehead atoms. The van der Waals surface area contributed by atoms with Gasteiger partial charge in [0, 0.05) is 19.5 Å². The van der Waals surface area contributed by atoms with E-state index in [-0.39, 0.29) is 22.8 Å². The molecule has 80 valence electrons. The Bertz CT molecular complexity index is 215. The van der Waals surface area contributed by atoms with Crippen molar-refractivity contribution in [2.75, 3.05) is 18.8 Å². The van der Waals surface area contributed by atoms with Gasteiger partial charge in [-0.3, -0.25) is 9.59 Å². The van der Waals surface area contributed by atoms with Crippen LogP contribution in [0.2, 0.25) is 0 Å². The zero-order valence-corrected chi connectivity index (χ0v) is 9.15. The van der Waals surface area contributed by atoms with Crippen molar-refractivity contribution >= 4 is 22.8 Å². The van der Waals surface area contributed by atoms with Gasteiger partial charge in [0.1, 0.15) is 0 Å². The van der Waals surface area contributed by atoms with Crippen molar-refractivity contribution in [2.45, 2.75) is 25.8 Å². The molecule has 14 heavy (non-hydrogen) atoms. The van der Waals surface area contributed by atoms with E-state index in [0.29, 0.717) is 0 Å². The Kier molecular flexibility index (Phi) is 4.97. The highest BCUT2D eigenvalue weighted by atomic mass is 32.2. The van der Waals surface area contributed by atoms with E-state index in [1.807, 2.05) is 0 Å². The number of hydrogen-bond acceptors (Lipinski definition) is 4. The highest BCUT2D eigenvalue weighted by Gasteiger charge is 2.15. The Morgan fingerprint density at radius 1 is 1.57 bits per heavy atom. The molecule has 1 heterocycles. The lowest BCUT2D eigenvalue weighted by molar-refractivity contribution is -0.119. The molecule has 0 aromatic carbocycles. The summed E-state index contributed by atoms with van der Waals surface area (Å²) in [6.07, 6.45) is 2.13. The van der Waals surface area contributed by atoms with Gasteiger partial charge in [0.2, 0.25) is 5.91 Å². The maximum absolute atomic E-state index is 11.3. The van der Waals surface area contributed by atoms with Gasteiger partial charge in [-0.15, -0.1) is 0 Å². The molecule has 1 atom stereocenters. The van der Waals surface area contributed by atoms with E-state index in [9.17, 15) is 9.59 Å². The second-order valence-corrected chi connectivity index (χ2v) is 4.54. The predicted molar refractivity (Wildman–Crippen MR) is 57.2 cm³/mol. The summed E-state index contributed by atoms with van der Waals surface area (Å²) >= 11 is 1.06. The van der Waals surface area contributed by atoms with Gasteiger partial charge in [-0.25, -0.2) is 0 Å². The molecule has 0 aromatic heterocycles. The fourth-order valence-corrected chi connectivity index (χ4v) is 1.83. The molecule has 0 radical (unpaired) electrons. The van der Waals surface area contributed by atoms with E-state index in [0.717, 1.165) is 37.7 Å². The first kappa shape index (κ1) is 11.5. The van der Waals surface area contributed by atoms with Crippen molar-refractivity contribution < 1.29 is 9.59 Å². The Balaban J connectivity index is 2.15. The van der Waals surface area contributed by atoms with Crippen LogP contribution in [0.1, 0.15) is 19.8 Å².